The summed E-state index contributed by atoms with van der Waals surface area (Å²) in [6.45, 7) is 4.54. The average Bonchev–Trinajstić information content (AvgIpc) is 2.79. The topological polar surface area (TPSA) is 185 Å². The van der Waals surface area contributed by atoms with Crippen molar-refractivity contribution >= 4 is 45.3 Å². The van der Waals surface area contributed by atoms with Crippen LogP contribution in [0.4, 0.5) is 0 Å². The second-order valence-electron chi connectivity index (χ2n) is 8.39. The fourth-order valence-electron chi connectivity index (χ4n) is 2.96. The van der Waals surface area contributed by atoms with Crippen molar-refractivity contribution in [2.75, 3.05) is 24.6 Å². The van der Waals surface area contributed by atoms with Gasteiger partial charge in [-0.3, -0.25) is 9.59 Å². The van der Waals surface area contributed by atoms with Crippen molar-refractivity contribution in [1.29, 1.82) is 0 Å². The van der Waals surface area contributed by atoms with Gasteiger partial charge in [0.05, 0.1) is 0 Å². The Balaban J connectivity index is 4.14. The van der Waals surface area contributed by atoms with Crippen LogP contribution in [-0.4, -0.2) is 70.6 Å². The van der Waals surface area contributed by atoms with Crippen molar-refractivity contribution in [3.05, 3.63) is 0 Å². The van der Waals surface area contributed by atoms with Crippen LogP contribution in [0.3, 0.4) is 0 Å². The third-order valence-electron chi connectivity index (χ3n) is 5.37. The molecule has 8 N–H and O–H groups in total. The Morgan fingerprint density at radius 1 is 0.676 bits per heavy atom. The molecule has 198 valence electrons. The summed E-state index contributed by atoms with van der Waals surface area (Å²) in [7, 11) is 3.19. The fraction of sp³-hybridized carbons (Fsp3) is 0.818. The summed E-state index contributed by atoms with van der Waals surface area (Å²) in [5.74, 6) is -1.79. The van der Waals surface area contributed by atoms with Crippen molar-refractivity contribution < 1.29 is 29.4 Å². The molecule has 0 bridgehead atoms. The van der Waals surface area contributed by atoms with E-state index < -0.39 is 24.0 Å². The highest BCUT2D eigenvalue weighted by Gasteiger charge is 2.23. The first-order valence-corrected chi connectivity index (χ1v) is 14.3. The van der Waals surface area contributed by atoms with Crippen LogP contribution in [0.25, 0.3) is 0 Å². The molecule has 0 spiro atoms. The molecule has 0 saturated heterocycles. The highest BCUT2D eigenvalue weighted by molar-refractivity contribution is 8.76. The van der Waals surface area contributed by atoms with E-state index in [1.54, 1.807) is 35.4 Å². The number of carboxylic acid groups (broad SMARTS) is 2. The van der Waals surface area contributed by atoms with Gasteiger partial charge in [-0.2, -0.15) is 0 Å². The lowest BCUT2D eigenvalue weighted by Gasteiger charge is -2.18. The molecule has 4 atom stereocenters. The van der Waals surface area contributed by atoms with E-state index in [9.17, 15) is 29.4 Å². The first-order valence-electron chi connectivity index (χ1n) is 11.8. The van der Waals surface area contributed by atoms with Gasteiger partial charge in [-0.25, -0.2) is 9.59 Å². The molecule has 0 aliphatic rings. The summed E-state index contributed by atoms with van der Waals surface area (Å²) in [5, 5.41) is 23.7. The van der Waals surface area contributed by atoms with E-state index in [2.05, 4.69) is 10.6 Å². The first kappa shape index (κ1) is 32.5. The summed E-state index contributed by atoms with van der Waals surface area (Å²) in [5.41, 5.74) is 10.9. The predicted molar refractivity (Wildman–Crippen MR) is 137 cm³/mol. The number of aliphatic carboxylic acids is 2. The van der Waals surface area contributed by atoms with Crippen LogP contribution in [0.15, 0.2) is 0 Å². The van der Waals surface area contributed by atoms with Gasteiger partial charge in [0.25, 0.3) is 0 Å². The first-order chi connectivity index (χ1) is 16.1. The zero-order valence-electron chi connectivity index (χ0n) is 20.3. The van der Waals surface area contributed by atoms with Crippen LogP contribution in [0.2, 0.25) is 0 Å². The molecule has 34 heavy (non-hydrogen) atoms. The van der Waals surface area contributed by atoms with E-state index in [4.69, 9.17) is 11.5 Å². The average molecular weight is 523 g/mol. The smallest absolute Gasteiger partial charge is 0.326 e. The Morgan fingerprint density at radius 2 is 1.03 bits per heavy atom. The number of carbonyl (C=O) groups is 4. The van der Waals surface area contributed by atoms with Gasteiger partial charge in [0.2, 0.25) is 11.8 Å². The summed E-state index contributed by atoms with van der Waals surface area (Å²) in [6, 6.07) is -1.78. The lowest BCUT2D eigenvalue weighted by Crippen LogP contribution is -2.43. The molecule has 12 heteroatoms. The van der Waals surface area contributed by atoms with Crippen LogP contribution in [0.5, 0.6) is 0 Å². The lowest BCUT2D eigenvalue weighted by molar-refractivity contribution is -0.142. The van der Waals surface area contributed by atoms with E-state index in [1.807, 2.05) is 0 Å². The molecule has 0 rings (SSSR count). The fourth-order valence-corrected chi connectivity index (χ4v) is 5.38. The minimum atomic E-state index is -1.04. The maximum Gasteiger partial charge on any atom is 0.326 e. The van der Waals surface area contributed by atoms with Crippen molar-refractivity contribution in [2.45, 2.75) is 77.3 Å². The minimum Gasteiger partial charge on any atom is -0.480 e. The highest BCUT2D eigenvalue weighted by atomic mass is 33.1. The van der Waals surface area contributed by atoms with Crippen molar-refractivity contribution in [1.82, 2.24) is 10.6 Å². The van der Waals surface area contributed by atoms with Crippen LogP contribution in [0, 0.1) is 11.8 Å². The number of amides is 2. The molecule has 0 radical (unpaired) electrons. The number of hydrogen-bond donors (Lipinski definition) is 6. The van der Waals surface area contributed by atoms with Gasteiger partial charge in [0, 0.05) is 23.3 Å². The summed E-state index contributed by atoms with van der Waals surface area (Å²) >= 11 is 0. The molecule has 0 saturated carbocycles. The second-order valence-corrected chi connectivity index (χ2v) is 11.1. The summed E-state index contributed by atoms with van der Waals surface area (Å²) in [4.78, 5) is 47.2. The number of rotatable bonds is 21. The normalized spacial score (nSPS) is 14.6. The van der Waals surface area contributed by atoms with Crippen LogP contribution in [0.1, 0.15) is 65.2 Å². The van der Waals surface area contributed by atoms with Gasteiger partial charge in [-0.05, 0) is 64.5 Å². The third kappa shape index (κ3) is 15.4. The number of hydrogen-bond acceptors (Lipinski definition) is 8. The second kappa shape index (κ2) is 19.8. The number of carboxylic acids is 2. The SMILES string of the molecule is C[C@@H](CCSSCC[C@H](C)C(=O)NC(CCCCN)C(=O)O)C(=O)NC(CCCCN)C(=O)O. The van der Waals surface area contributed by atoms with E-state index in [1.165, 1.54) is 0 Å². The quantitative estimate of drug-likeness (QED) is 0.0959. The predicted octanol–water partition coefficient (Wildman–Crippen LogP) is 1.82. The van der Waals surface area contributed by atoms with Gasteiger partial charge in [-0.15, -0.1) is 0 Å². The van der Waals surface area contributed by atoms with E-state index >= 15 is 0 Å². The number of nitrogens with one attached hydrogen (secondary N) is 2. The van der Waals surface area contributed by atoms with Gasteiger partial charge in [0.15, 0.2) is 0 Å². The molecule has 0 aromatic heterocycles. The molecular formula is C22H42N4O6S2. The molecule has 0 aromatic carbocycles. The molecule has 0 aliphatic heterocycles. The third-order valence-corrected chi connectivity index (χ3v) is 7.84. The summed E-state index contributed by atoms with van der Waals surface area (Å²) < 4.78 is 0. The largest absolute Gasteiger partial charge is 0.480 e. The molecule has 2 unspecified atom stereocenters. The van der Waals surface area contributed by atoms with E-state index in [-0.39, 0.29) is 23.7 Å². The molecule has 2 amide bonds. The number of carbonyl (C=O) groups excluding carboxylic acids is 2. The van der Waals surface area contributed by atoms with Crippen molar-refractivity contribution in [3.8, 4) is 0 Å². The van der Waals surface area contributed by atoms with Crippen LogP contribution >= 0.6 is 21.6 Å². The van der Waals surface area contributed by atoms with Gasteiger partial charge < -0.3 is 32.3 Å². The molecule has 0 aliphatic carbocycles. The zero-order chi connectivity index (χ0) is 25.9. The Hall–Kier alpha value is -1.50. The zero-order valence-corrected chi connectivity index (χ0v) is 21.9. The Bertz CT molecular complexity index is 574. The minimum absolute atomic E-state index is 0.268. The summed E-state index contributed by atoms with van der Waals surface area (Å²) in [6.07, 6.45) is 4.68. The molecular weight excluding hydrogens is 480 g/mol. The Kier molecular flexibility index (Phi) is 18.9. The van der Waals surface area contributed by atoms with Crippen LogP contribution < -0.4 is 22.1 Å². The monoisotopic (exact) mass is 522 g/mol. The van der Waals surface area contributed by atoms with Gasteiger partial charge in [-0.1, -0.05) is 35.4 Å². The Labute approximate surface area is 210 Å². The molecule has 0 aromatic rings. The van der Waals surface area contributed by atoms with Crippen molar-refractivity contribution in [3.63, 3.8) is 0 Å². The maximum atomic E-state index is 12.3. The number of unbranched alkanes of at least 4 members (excludes halogenated alkanes) is 2. The standard InChI is InChI=1S/C22H42N4O6S2/c1-15(19(27)25-17(21(29)30)7-3-5-11-23)9-13-33-34-14-10-16(2)20(28)26-18(22(31)32)8-4-6-12-24/h15-18H,3-14,23-24H2,1-2H3,(H,25,27)(H,26,28)(H,29,30)(H,31,32)/t15-,16-,17?,18?/m0/s1. The lowest BCUT2D eigenvalue weighted by atomic mass is 10.1. The molecule has 0 fully saturated rings. The highest BCUT2D eigenvalue weighted by Crippen LogP contribution is 2.26. The Morgan fingerprint density at radius 3 is 1.32 bits per heavy atom. The number of nitrogens with two attached hydrogens (primary N) is 2. The molecule has 10 nitrogen and oxygen atoms in total. The van der Waals surface area contributed by atoms with Crippen molar-refractivity contribution in [2.24, 2.45) is 23.3 Å². The van der Waals surface area contributed by atoms with E-state index in [0.29, 0.717) is 63.1 Å². The maximum absolute atomic E-state index is 12.3. The van der Waals surface area contributed by atoms with E-state index in [0.717, 1.165) is 12.8 Å². The van der Waals surface area contributed by atoms with Crippen LogP contribution in [-0.2, 0) is 19.2 Å². The molecule has 0 heterocycles. The van der Waals surface area contributed by atoms with Gasteiger partial charge >= 0.3 is 11.9 Å². The van der Waals surface area contributed by atoms with Gasteiger partial charge in [0.1, 0.15) is 12.1 Å².